The Morgan fingerprint density at radius 2 is 1.83 bits per heavy atom. The van der Waals surface area contributed by atoms with E-state index >= 15 is 0 Å². The molecule has 3 saturated carbocycles. The lowest BCUT2D eigenvalue weighted by atomic mass is 9.34. The zero-order valence-electron chi connectivity index (χ0n) is 15.1. The van der Waals surface area contributed by atoms with Crippen LogP contribution in [0.25, 0.3) is 11.1 Å². The van der Waals surface area contributed by atoms with Gasteiger partial charge in [0.2, 0.25) is 11.8 Å². The minimum atomic E-state index is -4.66. The molecular weight excluding hydrogens is 425 g/mol. The van der Waals surface area contributed by atoms with Gasteiger partial charge in [0.05, 0.1) is 10.8 Å². The van der Waals surface area contributed by atoms with Gasteiger partial charge in [-0.15, -0.1) is 10.2 Å². The molecule has 0 saturated heterocycles. The largest absolute Gasteiger partial charge is 0.440 e. The summed E-state index contributed by atoms with van der Waals surface area (Å²) in [6.07, 6.45) is -3.25. The molecular formula is C19H12ClF3N4O3. The molecule has 0 radical (unpaired) electrons. The summed E-state index contributed by atoms with van der Waals surface area (Å²) in [5, 5.41) is 8.99. The summed E-state index contributed by atoms with van der Waals surface area (Å²) in [5.74, 6) is -0.846. The number of amides is 2. The van der Waals surface area contributed by atoms with Crippen molar-refractivity contribution >= 4 is 34.5 Å². The number of nitrogens with one attached hydrogen (secondary N) is 1. The van der Waals surface area contributed by atoms with Crippen molar-refractivity contribution in [3.63, 3.8) is 0 Å². The van der Waals surface area contributed by atoms with E-state index in [0.29, 0.717) is 47.3 Å². The molecule has 0 unspecified atom stereocenters. The van der Waals surface area contributed by atoms with Crippen molar-refractivity contribution in [3.8, 4) is 0 Å². The fraction of sp³-hybridized carbons (Fsp3) is 0.316. The van der Waals surface area contributed by atoms with Crippen LogP contribution in [0.5, 0.6) is 0 Å². The molecule has 154 valence electrons. The lowest BCUT2D eigenvalue weighted by Crippen LogP contribution is -2.70. The van der Waals surface area contributed by atoms with E-state index in [1.54, 1.807) is 18.2 Å². The van der Waals surface area contributed by atoms with Gasteiger partial charge in [-0.25, -0.2) is 4.98 Å². The summed E-state index contributed by atoms with van der Waals surface area (Å²) >= 11 is 5.96. The van der Waals surface area contributed by atoms with Crippen LogP contribution < -0.4 is 5.32 Å². The highest BCUT2D eigenvalue weighted by atomic mass is 35.5. The molecule has 0 atom stereocenters. The summed E-state index contributed by atoms with van der Waals surface area (Å²) in [6.45, 7) is 0. The van der Waals surface area contributed by atoms with Crippen LogP contribution in [-0.2, 0) is 16.4 Å². The van der Waals surface area contributed by atoms with Crippen molar-refractivity contribution in [2.75, 3.05) is 0 Å². The molecule has 1 aromatic carbocycles. The van der Waals surface area contributed by atoms with E-state index in [1.807, 2.05) is 0 Å². The zero-order chi connectivity index (χ0) is 21.3. The maximum atomic E-state index is 12.6. The third-order valence-electron chi connectivity index (χ3n) is 5.73. The van der Waals surface area contributed by atoms with Crippen molar-refractivity contribution in [2.24, 2.45) is 5.41 Å². The molecule has 2 bridgehead atoms. The monoisotopic (exact) mass is 436 g/mol. The number of fused-ring (bicyclic) bond motifs is 1. The number of aromatic nitrogens is 3. The van der Waals surface area contributed by atoms with Gasteiger partial charge in [-0.3, -0.25) is 14.9 Å². The lowest BCUT2D eigenvalue weighted by molar-refractivity contribution is -0.179. The third kappa shape index (κ3) is 2.78. The smallest absolute Gasteiger partial charge is 0.435 e. The van der Waals surface area contributed by atoms with Crippen LogP contribution in [-0.4, -0.2) is 27.0 Å². The highest BCUT2D eigenvalue weighted by Gasteiger charge is 2.74. The van der Waals surface area contributed by atoms with Crippen LogP contribution in [0.15, 0.2) is 34.7 Å². The van der Waals surface area contributed by atoms with E-state index in [0.717, 1.165) is 6.07 Å². The van der Waals surface area contributed by atoms with E-state index in [-0.39, 0.29) is 11.1 Å². The molecule has 0 spiro atoms. The standard InChI is InChI=1S/C19H12ClF3N4O3/c20-9-1-3-12-11(5-9)24-16(30-12)18-6-17(7-18,8-18)15(29)25-14(28)10-2-4-13(27-26-10)19(21,22)23/h1-5H,6-8H2,(H,25,28,29). The number of nitrogens with zero attached hydrogens (tertiary/aromatic N) is 3. The van der Waals surface area contributed by atoms with E-state index < -0.39 is 29.1 Å². The average molecular weight is 437 g/mol. The topological polar surface area (TPSA) is 98.0 Å². The molecule has 2 aromatic heterocycles. The summed E-state index contributed by atoms with van der Waals surface area (Å²) in [7, 11) is 0. The van der Waals surface area contributed by atoms with Gasteiger partial charge in [0.1, 0.15) is 5.52 Å². The highest BCUT2D eigenvalue weighted by Crippen LogP contribution is 2.73. The Morgan fingerprint density at radius 1 is 1.10 bits per heavy atom. The SMILES string of the molecule is O=C(NC(=O)C12CC(c3nc4cc(Cl)ccc4o3)(C1)C2)c1ccc(C(F)(F)F)nn1. The van der Waals surface area contributed by atoms with Crippen molar-refractivity contribution in [2.45, 2.75) is 30.9 Å². The van der Waals surface area contributed by atoms with Crippen molar-refractivity contribution in [3.05, 3.63) is 52.6 Å². The number of hydrogen-bond donors (Lipinski definition) is 1. The van der Waals surface area contributed by atoms with Gasteiger partial charge in [-0.1, -0.05) is 11.6 Å². The predicted molar refractivity (Wildman–Crippen MR) is 96.5 cm³/mol. The molecule has 30 heavy (non-hydrogen) atoms. The normalized spacial score (nSPS) is 24.8. The summed E-state index contributed by atoms with van der Waals surface area (Å²) in [5.41, 5.74) is -1.40. The molecule has 3 aromatic rings. The molecule has 2 amide bonds. The third-order valence-corrected chi connectivity index (χ3v) is 5.97. The predicted octanol–water partition coefficient (Wildman–Crippen LogP) is 3.67. The van der Waals surface area contributed by atoms with Gasteiger partial charge in [0.25, 0.3) is 5.91 Å². The second-order valence-corrected chi connectivity index (χ2v) is 8.24. The first-order chi connectivity index (χ1) is 14.1. The Morgan fingerprint density at radius 3 is 2.47 bits per heavy atom. The number of halogens is 4. The maximum absolute atomic E-state index is 12.6. The Balaban J connectivity index is 1.25. The van der Waals surface area contributed by atoms with Crippen molar-refractivity contribution in [1.82, 2.24) is 20.5 Å². The Bertz CT molecular complexity index is 1190. The molecule has 3 aliphatic rings. The first kappa shape index (κ1) is 19.0. The van der Waals surface area contributed by atoms with Crippen LogP contribution in [0.2, 0.25) is 5.02 Å². The van der Waals surface area contributed by atoms with Gasteiger partial charge in [-0.2, -0.15) is 13.2 Å². The summed E-state index contributed by atoms with van der Waals surface area (Å²) in [4.78, 5) is 29.2. The molecule has 11 heteroatoms. The Labute approximate surface area is 171 Å². The zero-order valence-corrected chi connectivity index (χ0v) is 15.8. The molecule has 6 rings (SSSR count). The van der Waals surface area contributed by atoms with E-state index in [4.69, 9.17) is 16.0 Å². The average Bonchev–Trinajstić information content (AvgIpc) is 3.01. The van der Waals surface area contributed by atoms with Gasteiger partial charge in [0, 0.05) is 5.02 Å². The van der Waals surface area contributed by atoms with E-state index in [9.17, 15) is 22.8 Å². The number of benzene rings is 1. The number of oxazole rings is 1. The Kier molecular flexibility index (Phi) is 3.80. The molecule has 0 aliphatic heterocycles. The number of imide groups is 1. The van der Waals surface area contributed by atoms with Crippen LogP contribution in [0.4, 0.5) is 13.2 Å². The molecule has 2 heterocycles. The van der Waals surface area contributed by atoms with Gasteiger partial charge in [-0.05, 0) is 49.6 Å². The number of carbonyl (C=O) groups excluding carboxylic acids is 2. The van der Waals surface area contributed by atoms with Gasteiger partial charge >= 0.3 is 6.18 Å². The molecule has 3 aliphatic carbocycles. The second-order valence-electron chi connectivity index (χ2n) is 7.81. The van der Waals surface area contributed by atoms with Crippen molar-refractivity contribution < 1.29 is 27.2 Å². The summed E-state index contributed by atoms with van der Waals surface area (Å²) in [6, 6.07) is 6.65. The highest BCUT2D eigenvalue weighted by molar-refractivity contribution is 6.31. The van der Waals surface area contributed by atoms with Crippen molar-refractivity contribution in [1.29, 1.82) is 0 Å². The van der Waals surface area contributed by atoms with E-state index in [2.05, 4.69) is 20.5 Å². The minimum Gasteiger partial charge on any atom is -0.440 e. The minimum absolute atomic E-state index is 0.347. The fourth-order valence-electron chi connectivity index (χ4n) is 4.29. The number of alkyl halides is 3. The van der Waals surface area contributed by atoms with Crippen LogP contribution in [0.3, 0.4) is 0 Å². The first-order valence-corrected chi connectivity index (χ1v) is 9.31. The van der Waals surface area contributed by atoms with Gasteiger partial charge < -0.3 is 4.42 Å². The van der Waals surface area contributed by atoms with Crippen LogP contribution in [0.1, 0.15) is 41.3 Å². The molecule has 1 N–H and O–H groups in total. The van der Waals surface area contributed by atoms with Crippen LogP contribution in [0, 0.1) is 5.41 Å². The maximum Gasteiger partial charge on any atom is 0.435 e. The first-order valence-electron chi connectivity index (χ1n) is 8.94. The van der Waals surface area contributed by atoms with Gasteiger partial charge in [0.15, 0.2) is 17.0 Å². The molecule has 7 nitrogen and oxygen atoms in total. The quantitative estimate of drug-likeness (QED) is 0.629. The fourth-order valence-corrected chi connectivity index (χ4v) is 4.45. The number of hydrogen-bond acceptors (Lipinski definition) is 6. The number of rotatable bonds is 3. The molecule has 3 fully saturated rings. The summed E-state index contributed by atoms with van der Waals surface area (Å²) < 4.78 is 43.4. The van der Waals surface area contributed by atoms with E-state index in [1.165, 1.54) is 0 Å². The number of carbonyl (C=O) groups is 2. The van der Waals surface area contributed by atoms with Crippen LogP contribution >= 0.6 is 11.6 Å². The lowest BCUT2D eigenvalue weighted by Gasteiger charge is -2.67. The second kappa shape index (κ2) is 6.00. The Hall–Kier alpha value is -3.01.